The number of nitrogens with one attached hydrogen (secondary N) is 1. The van der Waals surface area contributed by atoms with E-state index in [2.05, 4.69) is 4.98 Å². The standard InChI is InChI=1S/C13H12N4OS/c1-8-15-10-11(14)17(9-6-4-3-5-7-9)13(19)16(2)12(10)18-8/h3-7,14H,1-2H3. The molecular weight excluding hydrogens is 260 g/mol. The maximum atomic E-state index is 8.29. The summed E-state index contributed by atoms with van der Waals surface area (Å²) in [5.41, 5.74) is 2.12. The molecule has 3 aromatic rings. The van der Waals surface area contributed by atoms with E-state index >= 15 is 0 Å². The summed E-state index contributed by atoms with van der Waals surface area (Å²) < 4.78 is 9.41. The molecule has 0 amide bonds. The fourth-order valence-corrected chi connectivity index (χ4v) is 2.33. The molecule has 0 radical (unpaired) electrons. The van der Waals surface area contributed by atoms with Gasteiger partial charge in [-0.25, -0.2) is 4.98 Å². The Morgan fingerprint density at radius 2 is 1.95 bits per heavy atom. The second-order valence-corrected chi connectivity index (χ2v) is 4.61. The first-order valence-electron chi connectivity index (χ1n) is 5.79. The molecule has 0 saturated heterocycles. The van der Waals surface area contributed by atoms with Gasteiger partial charge in [-0.05, 0) is 24.4 Å². The number of hydrogen-bond acceptors (Lipinski definition) is 4. The lowest BCUT2D eigenvalue weighted by atomic mass is 10.3. The zero-order chi connectivity index (χ0) is 13.6. The van der Waals surface area contributed by atoms with Gasteiger partial charge in [-0.15, -0.1) is 0 Å². The smallest absolute Gasteiger partial charge is 0.233 e. The highest BCUT2D eigenvalue weighted by molar-refractivity contribution is 7.71. The molecule has 0 spiro atoms. The third-order valence-electron chi connectivity index (χ3n) is 2.96. The van der Waals surface area contributed by atoms with Gasteiger partial charge in [0.25, 0.3) is 0 Å². The van der Waals surface area contributed by atoms with Crippen LogP contribution in [0.25, 0.3) is 16.9 Å². The van der Waals surface area contributed by atoms with Crippen LogP contribution in [-0.2, 0) is 7.05 Å². The van der Waals surface area contributed by atoms with Gasteiger partial charge in [-0.2, -0.15) is 0 Å². The number of oxazole rings is 1. The van der Waals surface area contributed by atoms with Crippen molar-refractivity contribution in [3.05, 3.63) is 46.5 Å². The Labute approximate surface area is 114 Å². The third-order valence-corrected chi connectivity index (χ3v) is 3.42. The SMILES string of the molecule is Cc1nc2c(=N)n(-c3ccccc3)c(=S)n(C)c2o1. The van der Waals surface area contributed by atoms with Crippen LogP contribution < -0.4 is 5.49 Å². The second-order valence-electron chi connectivity index (χ2n) is 4.25. The normalized spacial score (nSPS) is 11.1. The van der Waals surface area contributed by atoms with Crippen LogP contribution in [0.1, 0.15) is 5.89 Å². The van der Waals surface area contributed by atoms with Crippen LogP contribution in [0.2, 0.25) is 0 Å². The summed E-state index contributed by atoms with van der Waals surface area (Å²) in [6.07, 6.45) is 0. The van der Waals surface area contributed by atoms with Crippen LogP contribution in [0.3, 0.4) is 0 Å². The van der Waals surface area contributed by atoms with E-state index in [0.29, 0.717) is 21.9 Å². The lowest BCUT2D eigenvalue weighted by molar-refractivity contribution is 0.531. The summed E-state index contributed by atoms with van der Waals surface area (Å²) in [4.78, 5) is 4.26. The number of benzene rings is 1. The molecule has 0 aliphatic heterocycles. The Hall–Kier alpha value is -2.21. The van der Waals surface area contributed by atoms with Crippen molar-refractivity contribution in [1.82, 2.24) is 14.1 Å². The quantitative estimate of drug-likeness (QED) is 0.692. The minimum Gasteiger partial charge on any atom is -0.424 e. The average molecular weight is 272 g/mol. The Morgan fingerprint density at radius 1 is 1.26 bits per heavy atom. The molecule has 0 fully saturated rings. The topological polar surface area (TPSA) is 59.7 Å². The third kappa shape index (κ3) is 1.72. The molecule has 1 aromatic carbocycles. The lowest BCUT2D eigenvalue weighted by Crippen LogP contribution is -2.23. The van der Waals surface area contributed by atoms with Gasteiger partial charge in [-0.1, -0.05) is 18.2 Å². The molecule has 0 unspecified atom stereocenters. The van der Waals surface area contributed by atoms with Gasteiger partial charge in [0.2, 0.25) is 5.71 Å². The fourth-order valence-electron chi connectivity index (χ4n) is 2.05. The highest BCUT2D eigenvalue weighted by atomic mass is 32.1. The molecule has 96 valence electrons. The van der Waals surface area contributed by atoms with Crippen molar-refractivity contribution in [3.8, 4) is 5.69 Å². The molecular formula is C13H12N4OS. The molecule has 0 bridgehead atoms. The van der Waals surface area contributed by atoms with Gasteiger partial charge in [0, 0.05) is 19.7 Å². The van der Waals surface area contributed by atoms with Crippen LogP contribution in [0.5, 0.6) is 0 Å². The van der Waals surface area contributed by atoms with E-state index < -0.39 is 0 Å². The first-order chi connectivity index (χ1) is 9.09. The maximum absolute atomic E-state index is 8.29. The Bertz CT molecular complexity index is 873. The molecule has 0 aliphatic rings. The van der Waals surface area contributed by atoms with Crippen LogP contribution in [-0.4, -0.2) is 14.1 Å². The zero-order valence-electron chi connectivity index (χ0n) is 10.5. The Kier molecular flexibility index (Phi) is 2.60. The zero-order valence-corrected chi connectivity index (χ0v) is 11.4. The first-order valence-corrected chi connectivity index (χ1v) is 6.19. The molecule has 6 heteroatoms. The van der Waals surface area contributed by atoms with Gasteiger partial charge in [0.15, 0.2) is 21.7 Å². The minimum atomic E-state index is 0.237. The largest absolute Gasteiger partial charge is 0.424 e. The maximum Gasteiger partial charge on any atom is 0.233 e. The van der Waals surface area contributed by atoms with E-state index in [4.69, 9.17) is 22.0 Å². The van der Waals surface area contributed by atoms with E-state index in [0.717, 1.165) is 5.69 Å². The van der Waals surface area contributed by atoms with Crippen molar-refractivity contribution < 1.29 is 4.42 Å². The summed E-state index contributed by atoms with van der Waals surface area (Å²) in [5, 5.41) is 8.29. The Balaban J connectivity index is 2.51. The van der Waals surface area contributed by atoms with Crippen molar-refractivity contribution >= 4 is 23.4 Å². The monoisotopic (exact) mass is 272 g/mol. The highest BCUT2D eigenvalue weighted by Crippen LogP contribution is 2.13. The molecule has 19 heavy (non-hydrogen) atoms. The molecule has 0 atom stereocenters. The van der Waals surface area contributed by atoms with Crippen LogP contribution >= 0.6 is 12.2 Å². The molecule has 1 N–H and O–H groups in total. The van der Waals surface area contributed by atoms with Crippen molar-refractivity contribution in [2.24, 2.45) is 7.05 Å². The van der Waals surface area contributed by atoms with Crippen molar-refractivity contribution in [1.29, 1.82) is 5.41 Å². The summed E-state index contributed by atoms with van der Waals surface area (Å²) in [7, 11) is 1.81. The lowest BCUT2D eigenvalue weighted by Gasteiger charge is -2.10. The minimum absolute atomic E-state index is 0.237. The molecule has 3 rings (SSSR count). The summed E-state index contributed by atoms with van der Waals surface area (Å²) in [6, 6.07) is 9.57. The van der Waals surface area contributed by atoms with E-state index in [1.165, 1.54) is 0 Å². The van der Waals surface area contributed by atoms with Crippen LogP contribution in [0.4, 0.5) is 0 Å². The van der Waals surface area contributed by atoms with E-state index in [1.54, 1.807) is 16.1 Å². The van der Waals surface area contributed by atoms with Gasteiger partial charge >= 0.3 is 0 Å². The fraction of sp³-hybridized carbons (Fsp3) is 0.154. The molecule has 5 nitrogen and oxygen atoms in total. The number of nitrogens with zero attached hydrogens (tertiary/aromatic N) is 3. The van der Waals surface area contributed by atoms with Crippen LogP contribution in [0.15, 0.2) is 34.7 Å². The van der Waals surface area contributed by atoms with Gasteiger partial charge in [0.1, 0.15) is 0 Å². The van der Waals surface area contributed by atoms with E-state index in [-0.39, 0.29) is 5.49 Å². The molecule has 0 saturated carbocycles. The van der Waals surface area contributed by atoms with E-state index in [1.807, 2.05) is 37.4 Å². The highest BCUT2D eigenvalue weighted by Gasteiger charge is 2.12. The second kappa shape index (κ2) is 4.17. The Morgan fingerprint density at radius 3 is 2.63 bits per heavy atom. The number of hydrogen-bond donors (Lipinski definition) is 1. The number of aryl methyl sites for hydroxylation is 2. The van der Waals surface area contributed by atoms with Crippen molar-refractivity contribution in [3.63, 3.8) is 0 Å². The van der Waals surface area contributed by atoms with Crippen LogP contribution in [0, 0.1) is 17.1 Å². The van der Waals surface area contributed by atoms with Crippen molar-refractivity contribution in [2.75, 3.05) is 0 Å². The van der Waals surface area contributed by atoms with Gasteiger partial charge < -0.3 is 4.42 Å². The number of para-hydroxylation sites is 1. The predicted octanol–water partition coefficient (Wildman–Crippen LogP) is 2.47. The average Bonchev–Trinajstić information content (AvgIpc) is 2.80. The first kappa shape index (κ1) is 11.9. The summed E-state index contributed by atoms with van der Waals surface area (Å²) >= 11 is 5.42. The number of aromatic nitrogens is 3. The molecule has 2 heterocycles. The molecule has 2 aromatic heterocycles. The molecule has 0 aliphatic carbocycles. The number of fused-ring (bicyclic) bond motifs is 1. The summed E-state index contributed by atoms with van der Waals surface area (Å²) in [6.45, 7) is 1.76. The van der Waals surface area contributed by atoms with Gasteiger partial charge in [-0.3, -0.25) is 14.5 Å². The summed E-state index contributed by atoms with van der Waals surface area (Å²) in [5.74, 6) is 0.527. The van der Waals surface area contributed by atoms with Gasteiger partial charge in [0.05, 0.1) is 0 Å². The van der Waals surface area contributed by atoms with Crippen molar-refractivity contribution in [2.45, 2.75) is 6.92 Å². The predicted molar refractivity (Wildman–Crippen MR) is 73.7 cm³/mol. The number of rotatable bonds is 1. The van der Waals surface area contributed by atoms with E-state index in [9.17, 15) is 0 Å².